The van der Waals surface area contributed by atoms with E-state index in [1.807, 2.05) is 11.8 Å². The van der Waals surface area contributed by atoms with Crippen LogP contribution in [-0.4, -0.2) is 42.8 Å². The first kappa shape index (κ1) is 13.6. The third-order valence-corrected chi connectivity index (χ3v) is 3.98. The standard InChI is InChI=1S/C12H18BrN2S/c1-14(2)12(15(3)4)16-9-10-6-5-7-11(13)8-10/h5-8H,9H2,1-4H3/q+1. The maximum absolute atomic E-state index is 3.49. The van der Waals surface area contributed by atoms with Crippen molar-refractivity contribution in [3.05, 3.63) is 34.3 Å². The summed E-state index contributed by atoms with van der Waals surface area (Å²) in [7, 11) is 8.29. The normalized spacial score (nSPS) is 10.1. The molecule has 0 unspecified atom stereocenters. The van der Waals surface area contributed by atoms with Crippen LogP contribution in [0.2, 0.25) is 0 Å². The van der Waals surface area contributed by atoms with E-state index in [-0.39, 0.29) is 0 Å². The highest BCUT2D eigenvalue weighted by atomic mass is 79.9. The van der Waals surface area contributed by atoms with Crippen LogP contribution in [0.5, 0.6) is 0 Å². The van der Waals surface area contributed by atoms with Gasteiger partial charge in [0.15, 0.2) is 0 Å². The van der Waals surface area contributed by atoms with Gasteiger partial charge in [-0.05, 0) is 29.5 Å². The fourth-order valence-electron chi connectivity index (χ4n) is 1.43. The Bertz CT molecular complexity index is 384. The Morgan fingerprint density at radius 1 is 1.38 bits per heavy atom. The number of rotatable bonds is 2. The molecule has 0 radical (unpaired) electrons. The molecular weight excluding hydrogens is 284 g/mol. The second-order valence-corrected chi connectivity index (χ2v) is 5.85. The van der Waals surface area contributed by atoms with Crippen molar-refractivity contribution >= 4 is 32.9 Å². The van der Waals surface area contributed by atoms with Crippen molar-refractivity contribution in [3.63, 3.8) is 0 Å². The molecule has 0 fully saturated rings. The van der Waals surface area contributed by atoms with Crippen LogP contribution in [0, 0.1) is 0 Å². The predicted octanol–water partition coefficient (Wildman–Crippen LogP) is 2.87. The molecule has 0 aliphatic carbocycles. The minimum Gasteiger partial charge on any atom is -0.262 e. The SMILES string of the molecule is CN(C)C(SCc1cccc(Br)c1)=[N+](C)C. The lowest BCUT2D eigenvalue weighted by Gasteiger charge is -2.10. The van der Waals surface area contributed by atoms with Crippen LogP contribution in [0.15, 0.2) is 28.7 Å². The molecule has 0 heterocycles. The number of thioether (sulfide) groups is 1. The van der Waals surface area contributed by atoms with Gasteiger partial charge in [-0.3, -0.25) is 9.48 Å². The van der Waals surface area contributed by atoms with Gasteiger partial charge in [0.2, 0.25) is 0 Å². The molecule has 16 heavy (non-hydrogen) atoms. The summed E-state index contributed by atoms with van der Waals surface area (Å²) in [4.78, 5) is 2.14. The quantitative estimate of drug-likeness (QED) is 0.471. The van der Waals surface area contributed by atoms with Crippen LogP contribution in [0.25, 0.3) is 0 Å². The molecule has 0 saturated heterocycles. The second-order valence-electron chi connectivity index (χ2n) is 3.99. The molecule has 1 aromatic rings. The van der Waals surface area contributed by atoms with Crippen LogP contribution in [0.4, 0.5) is 0 Å². The van der Waals surface area contributed by atoms with Crippen LogP contribution >= 0.6 is 27.7 Å². The Morgan fingerprint density at radius 2 is 2.06 bits per heavy atom. The topological polar surface area (TPSA) is 6.25 Å². The summed E-state index contributed by atoms with van der Waals surface area (Å²) in [5, 5.41) is 1.26. The third kappa shape index (κ3) is 4.18. The van der Waals surface area contributed by atoms with Gasteiger partial charge in [0.1, 0.15) is 0 Å². The fourth-order valence-corrected chi connectivity index (χ4v) is 2.87. The lowest BCUT2D eigenvalue weighted by atomic mass is 10.2. The molecule has 88 valence electrons. The Hall–Kier alpha value is -0.480. The first-order chi connectivity index (χ1) is 7.50. The van der Waals surface area contributed by atoms with Crippen molar-refractivity contribution in [2.24, 2.45) is 0 Å². The Morgan fingerprint density at radius 3 is 2.56 bits per heavy atom. The van der Waals surface area contributed by atoms with E-state index in [2.05, 4.69) is 77.9 Å². The van der Waals surface area contributed by atoms with Crippen molar-refractivity contribution < 1.29 is 4.58 Å². The average molecular weight is 302 g/mol. The van der Waals surface area contributed by atoms with Crippen LogP contribution in [-0.2, 0) is 5.75 Å². The summed E-state index contributed by atoms with van der Waals surface area (Å²) in [5.74, 6) is 0.991. The Balaban J connectivity index is 2.67. The number of benzene rings is 1. The molecular formula is C12H18BrN2S+. The lowest BCUT2D eigenvalue weighted by molar-refractivity contribution is -0.466. The van der Waals surface area contributed by atoms with Crippen molar-refractivity contribution in [2.75, 3.05) is 28.2 Å². The molecule has 0 saturated carbocycles. The number of nitrogens with zero attached hydrogens (tertiary/aromatic N) is 2. The zero-order valence-electron chi connectivity index (χ0n) is 10.2. The summed E-state index contributed by atoms with van der Waals surface area (Å²) in [6.45, 7) is 0. The van der Waals surface area contributed by atoms with Gasteiger partial charge in [-0.25, -0.2) is 0 Å². The van der Waals surface area contributed by atoms with E-state index in [1.54, 1.807) is 0 Å². The van der Waals surface area contributed by atoms with Gasteiger partial charge in [0.25, 0.3) is 0 Å². The van der Waals surface area contributed by atoms with Gasteiger partial charge in [-0.15, -0.1) is 0 Å². The lowest BCUT2D eigenvalue weighted by Crippen LogP contribution is -2.26. The van der Waals surface area contributed by atoms with Crippen LogP contribution in [0.1, 0.15) is 5.56 Å². The highest BCUT2D eigenvalue weighted by molar-refractivity contribution is 9.10. The van der Waals surface area contributed by atoms with E-state index >= 15 is 0 Å². The average Bonchev–Trinajstić information content (AvgIpc) is 2.16. The molecule has 1 rings (SSSR count). The highest BCUT2D eigenvalue weighted by Gasteiger charge is 2.12. The fraction of sp³-hybridized carbons (Fsp3) is 0.417. The highest BCUT2D eigenvalue weighted by Crippen LogP contribution is 2.18. The maximum atomic E-state index is 3.49. The van der Waals surface area contributed by atoms with Crippen molar-refractivity contribution in [3.8, 4) is 0 Å². The first-order valence-electron chi connectivity index (χ1n) is 5.09. The van der Waals surface area contributed by atoms with E-state index in [4.69, 9.17) is 0 Å². The number of amidine groups is 1. The Kier molecular flexibility index (Phi) is 5.35. The molecule has 0 amide bonds. The van der Waals surface area contributed by atoms with Gasteiger partial charge >= 0.3 is 5.17 Å². The Labute approximate surface area is 110 Å². The molecule has 2 nitrogen and oxygen atoms in total. The van der Waals surface area contributed by atoms with E-state index < -0.39 is 0 Å². The van der Waals surface area contributed by atoms with Crippen molar-refractivity contribution in [1.82, 2.24) is 4.90 Å². The van der Waals surface area contributed by atoms with Crippen molar-refractivity contribution in [2.45, 2.75) is 5.75 Å². The van der Waals surface area contributed by atoms with Gasteiger partial charge in [-0.2, -0.15) is 0 Å². The molecule has 4 heteroatoms. The van der Waals surface area contributed by atoms with Crippen molar-refractivity contribution in [1.29, 1.82) is 0 Å². The molecule has 0 bridgehead atoms. The van der Waals surface area contributed by atoms with Crippen LogP contribution < -0.4 is 0 Å². The summed E-state index contributed by atoms with van der Waals surface area (Å²) in [6, 6.07) is 8.44. The third-order valence-electron chi connectivity index (χ3n) is 2.02. The summed E-state index contributed by atoms with van der Waals surface area (Å²) in [5.41, 5.74) is 1.33. The van der Waals surface area contributed by atoms with Gasteiger partial charge in [0, 0.05) is 10.2 Å². The van der Waals surface area contributed by atoms with E-state index in [0.717, 1.165) is 10.2 Å². The molecule has 0 spiro atoms. The second kappa shape index (κ2) is 6.30. The zero-order chi connectivity index (χ0) is 12.1. The summed E-state index contributed by atoms with van der Waals surface area (Å²) >= 11 is 5.34. The minimum absolute atomic E-state index is 0.991. The number of hydrogen-bond acceptors (Lipinski definition) is 1. The number of hydrogen-bond donors (Lipinski definition) is 0. The van der Waals surface area contributed by atoms with Gasteiger partial charge < -0.3 is 0 Å². The maximum Gasteiger partial charge on any atom is 0.307 e. The van der Waals surface area contributed by atoms with E-state index in [1.165, 1.54) is 10.7 Å². The molecule has 0 N–H and O–H groups in total. The number of halogens is 1. The molecule has 1 aromatic carbocycles. The van der Waals surface area contributed by atoms with Gasteiger partial charge in [0.05, 0.1) is 28.2 Å². The zero-order valence-corrected chi connectivity index (χ0v) is 12.6. The predicted molar refractivity (Wildman–Crippen MR) is 76.2 cm³/mol. The van der Waals surface area contributed by atoms with Gasteiger partial charge in [-0.1, -0.05) is 28.1 Å². The summed E-state index contributed by atoms with van der Waals surface area (Å²) < 4.78 is 3.28. The molecule has 0 atom stereocenters. The largest absolute Gasteiger partial charge is 0.307 e. The summed E-state index contributed by atoms with van der Waals surface area (Å²) in [6.07, 6.45) is 0. The first-order valence-corrected chi connectivity index (χ1v) is 6.87. The minimum atomic E-state index is 0.991. The van der Waals surface area contributed by atoms with Crippen LogP contribution in [0.3, 0.4) is 0 Å². The molecule has 0 aromatic heterocycles. The molecule has 0 aliphatic heterocycles. The van der Waals surface area contributed by atoms with E-state index in [0.29, 0.717) is 0 Å². The van der Waals surface area contributed by atoms with E-state index in [9.17, 15) is 0 Å². The monoisotopic (exact) mass is 301 g/mol. The smallest absolute Gasteiger partial charge is 0.262 e. The molecule has 0 aliphatic rings.